The summed E-state index contributed by atoms with van der Waals surface area (Å²) in [5.41, 5.74) is 2.25. The van der Waals surface area contributed by atoms with Crippen LogP contribution in [0.5, 0.6) is 5.75 Å². The Labute approximate surface area is 155 Å². The van der Waals surface area contributed by atoms with Crippen molar-refractivity contribution in [2.75, 3.05) is 20.2 Å². The first-order valence-corrected chi connectivity index (χ1v) is 8.75. The lowest BCUT2D eigenvalue weighted by molar-refractivity contribution is -0.141. The van der Waals surface area contributed by atoms with E-state index in [0.717, 1.165) is 11.1 Å². The highest BCUT2D eigenvalue weighted by Gasteiger charge is 2.25. The number of carbonyl (C=O) groups is 2. The average molecular weight is 354 g/mol. The van der Waals surface area contributed by atoms with Crippen molar-refractivity contribution in [3.63, 3.8) is 0 Å². The van der Waals surface area contributed by atoms with Gasteiger partial charge in [0.2, 0.25) is 5.91 Å². The van der Waals surface area contributed by atoms with Gasteiger partial charge in [0.25, 0.3) is 5.91 Å². The molecule has 0 saturated carbocycles. The van der Waals surface area contributed by atoms with Crippen LogP contribution in [-0.4, -0.2) is 43.0 Å². The normalized spacial score (nSPS) is 11.5. The maximum Gasteiger partial charge on any atom is 0.261 e. The Morgan fingerprint density at radius 1 is 1.08 bits per heavy atom. The number of nitrogens with one attached hydrogen (secondary N) is 1. The summed E-state index contributed by atoms with van der Waals surface area (Å²) >= 11 is 0. The molecule has 2 aromatic carbocycles. The molecule has 0 fully saturated rings. The SMILES string of the molecule is CNC(=O)[C@H](C)N(CCc1ccccc1)C(=O)COc1ccc(C)cc1. The molecule has 0 heterocycles. The number of hydrogen-bond acceptors (Lipinski definition) is 3. The minimum absolute atomic E-state index is 0.0980. The molecule has 26 heavy (non-hydrogen) atoms. The van der Waals surface area contributed by atoms with Gasteiger partial charge in [-0.3, -0.25) is 9.59 Å². The minimum Gasteiger partial charge on any atom is -0.484 e. The predicted octanol–water partition coefficient (Wildman–Crippen LogP) is 2.58. The molecule has 138 valence electrons. The fourth-order valence-corrected chi connectivity index (χ4v) is 2.64. The molecular formula is C21H26N2O3. The predicted molar refractivity (Wildman–Crippen MR) is 102 cm³/mol. The van der Waals surface area contributed by atoms with Gasteiger partial charge >= 0.3 is 0 Å². The van der Waals surface area contributed by atoms with Crippen molar-refractivity contribution in [1.82, 2.24) is 10.2 Å². The zero-order valence-corrected chi connectivity index (χ0v) is 15.6. The van der Waals surface area contributed by atoms with Gasteiger partial charge in [0.05, 0.1) is 0 Å². The number of ether oxygens (including phenoxy) is 1. The van der Waals surface area contributed by atoms with Crippen LogP contribution < -0.4 is 10.1 Å². The maximum absolute atomic E-state index is 12.7. The third-order valence-corrected chi connectivity index (χ3v) is 4.28. The third kappa shape index (κ3) is 5.62. The molecule has 1 atom stereocenters. The van der Waals surface area contributed by atoms with Crippen LogP contribution in [-0.2, 0) is 16.0 Å². The van der Waals surface area contributed by atoms with Gasteiger partial charge in [-0.15, -0.1) is 0 Å². The smallest absolute Gasteiger partial charge is 0.261 e. The van der Waals surface area contributed by atoms with Gasteiger partial charge < -0.3 is 15.0 Å². The number of nitrogens with zero attached hydrogens (tertiary/aromatic N) is 1. The fourth-order valence-electron chi connectivity index (χ4n) is 2.64. The topological polar surface area (TPSA) is 58.6 Å². The van der Waals surface area contributed by atoms with Gasteiger partial charge in [-0.25, -0.2) is 0 Å². The Bertz CT molecular complexity index is 714. The van der Waals surface area contributed by atoms with Crippen LogP contribution in [0, 0.1) is 6.92 Å². The van der Waals surface area contributed by atoms with E-state index in [4.69, 9.17) is 4.74 Å². The highest BCUT2D eigenvalue weighted by atomic mass is 16.5. The number of likely N-dealkylation sites (N-methyl/N-ethyl adjacent to an activating group) is 1. The lowest BCUT2D eigenvalue weighted by Gasteiger charge is -2.28. The van der Waals surface area contributed by atoms with Crippen LogP contribution in [0.4, 0.5) is 0 Å². The van der Waals surface area contributed by atoms with E-state index < -0.39 is 6.04 Å². The molecule has 0 aromatic heterocycles. The summed E-state index contributed by atoms with van der Waals surface area (Å²) in [5.74, 6) is 0.235. The van der Waals surface area contributed by atoms with E-state index in [1.165, 1.54) is 0 Å². The Morgan fingerprint density at radius 3 is 2.35 bits per heavy atom. The third-order valence-electron chi connectivity index (χ3n) is 4.28. The van der Waals surface area contributed by atoms with Gasteiger partial charge in [0.15, 0.2) is 6.61 Å². The number of benzene rings is 2. The van der Waals surface area contributed by atoms with E-state index in [1.807, 2.05) is 61.5 Å². The lowest BCUT2D eigenvalue weighted by Crippen LogP contribution is -2.49. The molecule has 0 aliphatic carbocycles. The molecular weight excluding hydrogens is 328 g/mol. The summed E-state index contributed by atoms with van der Waals surface area (Å²) < 4.78 is 5.60. The molecule has 2 amide bonds. The Morgan fingerprint density at radius 2 is 1.73 bits per heavy atom. The molecule has 2 aromatic rings. The molecule has 0 saturated heterocycles. The van der Waals surface area contributed by atoms with E-state index >= 15 is 0 Å². The molecule has 0 unspecified atom stereocenters. The van der Waals surface area contributed by atoms with Gasteiger partial charge in [0, 0.05) is 13.6 Å². The number of amides is 2. The van der Waals surface area contributed by atoms with E-state index in [-0.39, 0.29) is 18.4 Å². The van der Waals surface area contributed by atoms with Gasteiger partial charge in [0.1, 0.15) is 11.8 Å². The van der Waals surface area contributed by atoms with Crippen molar-refractivity contribution in [2.45, 2.75) is 26.3 Å². The second-order valence-corrected chi connectivity index (χ2v) is 6.21. The van der Waals surface area contributed by atoms with Crippen LogP contribution in [0.1, 0.15) is 18.1 Å². The minimum atomic E-state index is -0.558. The second-order valence-electron chi connectivity index (χ2n) is 6.21. The first-order valence-electron chi connectivity index (χ1n) is 8.75. The van der Waals surface area contributed by atoms with E-state index in [9.17, 15) is 9.59 Å². The van der Waals surface area contributed by atoms with E-state index in [1.54, 1.807) is 18.9 Å². The quantitative estimate of drug-likeness (QED) is 0.793. The molecule has 0 bridgehead atoms. The van der Waals surface area contributed by atoms with Gasteiger partial charge in [-0.1, -0.05) is 48.0 Å². The first kappa shape index (κ1) is 19.5. The summed E-state index contributed by atoms with van der Waals surface area (Å²) in [5, 5.41) is 2.60. The van der Waals surface area contributed by atoms with Crippen molar-refractivity contribution < 1.29 is 14.3 Å². The van der Waals surface area contributed by atoms with Crippen LogP contribution in [0.15, 0.2) is 54.6 Å². The maximum atomic E-state index is 12.7. The second kappa shape index (κ2) is 9.61. The van der Waals surface area contributed by atoms with Crippen molar-refractivity contribution in [3.8, 4) is 5.75 Å². The average Bonchev–Trinajstić information content (AvgIpc) is 2.67. The Kier molecular flexibility index (Phi) is 7.21. The molecule has 1 N–H and O–H groups in total. The summed E-state index contributed by atoms with van der Waals surface area (Å²) in [4.78, 5) is 26.3. The number of rotatable bonds is 8. The molecule has 0 aliphatic rings. The fraction of sp³-hybridized carbons (Fsp3) is 0.333. The van der Waals surface area contributed by atoms with Crippen LogP contribution in [0.25, 0.3) is 0 Å². The molecule has 5 nitrogen and oxygen atoms in total. The highest BCUT2D eigenvalue weighted by Crippen LogP contribution is 2.12. The van der Waals surface area contributed by atoms with Crippen molar-refractivity contribution in [1.29, 1.82) is 0 Å². The molecule has 0 radical (unpaired) electrons. The highest BCUT2D eigenvalue weighted by molar-refractivity contribution is 5.87. The first-order chi connectivity index (χ1) is 12.5. The largest absolute Gasteiger partial charge is 0.484 e. The van der Waals surface area contributed by atoms with Crippen LogP contribution in [0.2, 0.25) is 0 Å². The van der Waals surface area contributed by atoms with Gasteiger partial charge in [-0.05, 0) is 38.0 Å². The number of hydrogen-bond donors (Lipinski definition) is 1. The molecule has 0 aliphatic heterocycles. The van der Waals surface area contributed by atoms with Gasteiger partial charge in [-0.2, -0.15) is 0 Å². The Hall–Kier alpha value is -2.82. The molecule has 0 spiro atoms. The zero-order chi connectivity index (χ0) is 18.9. The van der Waals surface area contributed by atoms with Crippen molar-refractivity contribution >= 4 is 11.8 Å². The Balaban J connectivity index is 2.02. The van der Waals surface area contributed by atoms with Crippen molar-refractivity contribution in [3.05, 3.63) is 65.7 Å². The summed E-state index contributed by atoms with van der Waals surface area (Å²) in [6.45, 7) is 4.08. The summed E-state index contributed by atoms with van der Waals surface area (Å²) in [6.07, 6.45) is 0.679. The number of carbonyl (C=O) groups excluding carboxylic acids is 2. The van der Waals surface area contributed by atoms with E-state index in [0.29, 0.717) is 18.7 Å². The molecule has 5 heteroatoms. The van der Waals surface area contributed by atoms with Crippen molar-refractivity contribution in [2.24, 2.45) is 0 Å². The monoisotopic (exact) mass is 354 g/mol. The lowest BCUT2D eigenvalue weighted by atomic mass is 10.1. The summed E-state index contributed by atoms with van der Waals surface area (Å²) in [7, 11) is 1.57. The summed E-state index contributed by atoms with van der Waals surface area (Å²) in [6, 6.07) is 16.9. The zero-order valence-electron chi connectivity index (χ0n) is 15.6. The van der Waals surface area contributed by atoms with Crippen LogP contribution in [0.3, 0.4) is 0 Å². The standard InChI is InChI=1S/C21H26N2O3/c1-16-9-11-19(12-10-16)26-15-20(24)23(17(2)21(25)22-3)14-13-18-7-5-4-6-8-18/h4-12,17H,13-15H2,1-3H3,(H,22,25)/t17-/m0/s1. The van der Waals surface area contributed by atoms with Crippen LogP contribution >= 0.6 is 0 Å². The number of aryl methyl sites for hydroxylation is 1. The van der Waals surface area contributed by atoms with E-state index in [2.05, 4.69) is 5.32 Å². The molecule has 2 rings (SSSR count).